The predicted molar refractivity (Wildman–Crippen MR) is 99.7 cm³/mol. The smallest absolute Gasteiger partial charge is 0.359 e. The van der Waals surface area contributed by atoms with E-state index in [-0.39, 0.29) is 17.5 Å². The van der Waals surface area contributed by atoms with Crippen molar-refractivity contribution in [2.24, 2.45) is 5.92 Å². The van der Waals surface area contributed by atoms with Crippen LogP contribution in [0.2, 0.25) is 0 Å². The summed E-state index contributed by atoms with van der Waals surface area (Å²) in [6, 6.07) is 2.16. The number of piperidine rings is 1. The van der Waals surface area contributed by atoms with Crippen LogP contribution in [-0.2, 0) is 6.18 Å². The van der Waals surface area contributed by atoms with Crippen LogP contribution in [0.1, 0.15) is 35.8 Å². The maximum absolute atomic E-state index is 13.6. The minimum atomic E-state index is -4.61. The fourth-order valence-electron chi connectivity index (χ4n) is 3.24. The second-order valence-corrected chi connectivity index (χ2v) is 7.23. The van der Waals surface area contributed by atoms with Crippen LogP contribution in [-0.4, -0.2) is 29.2 Å². The van der Waals surface area contributed by atoms with E-state index in [0.29, 0.717) is 37.2 Å². The van der Waals surface area contributed by atoms with Crippen molar-refractivity contribution in [1.82, 2.24) is 10.1 Å². The second kappa shape index (κ2) is 7.88. The first kappa shape index (κ1) is 20.9. The van der Waals surface area contributed by atoms with Gasteiger partial charge < -0.3 is 9.42 Å². The van der Waals surface area contributed by atoms with E-state index in [9.17, 15) is 22.4 Å². The van der Waals surface area contributed by atoms with Crippen LogP contribution in [0.25, 0.3) is 6.08 Å². The van der Waals surface area contributed by atoms with Crippen molar-refractivity contribution in [3.8, 4) is 0 Å². The Morgan fingerprint density at radius 1 is 1.31 bits per heavy atom. The molecule has 156 valence electrons. The summed E-state index contributed by atoms with van der Waals surface area (Å²) in [5.74, 6) is -0.0477. The molecule has 0 bridgehead atoms. The van der Waals surface area contributed by atoms with Gasteiger partial charge in [0, 0.05) is 18.7 Å². The molecule has 0 spiro atoms. The number of likely N-dealkylation sites (tertiary alicyclic amines) is 1. The molecule has 1 aliphatic heterocycles. The molecule has 1 atom stereocenters. The van der Waals surface area contributed by atoms with Crippen molar-refractivity contribution < 1.29 is 26.9 Å². The summed E-state index contributed by atoms with van der Waals surface area (Å²) >= 11 is 0. The Hall–Kier alpha value is -2.84. The Morgan fingerprint density at radius 2 is 2.03 bits per heavy atom. The van der Waals surface area contributed by atoms with Crippen molar-refractivity contribution in [2.45, 2.75) is 33.4 Å². The number of halogens is 4. The Balaban J connectivity index is 1.71. The zero-order valence-electron chi connectivity index (χ0n) is 16.2. The average molecular weight is 411 g/mol. The quantitative estimate of drug-likeness (QED) is 0.673. The Morgan fingerprint density at radius 3 is 2.62 bits per heavy atom. The molecule has 0 radical (unpaired) electrons. The number of aryl methyl sites for hydroxylation is 1. The minimum absolute atomic E-state index is 0.0905. The highest BCUT2D eigenvalue weighted by Crippen LogP contribution is 2.32. The van der Waals surface area contributed by atoms with Gasteiger partial charge in [0.05, 0.1) is 5.56 Å². The molecule has 1 fully saturated rings. The number of nitrogens with zero attached hydrogens (tertiary/aromatic N) is 2. The molecule has 1 N–H and O–H groups in total. The van der Waals surface area contributed by atoms with Crippen LogP contribution in [0.3, 0.4) is 0 Å². The lowest BCUT2D eigenvalue weighted by molar-refractivity contribution is -0.137. The highest BCUT2D eigenvalue weighted by Gasteiger charge is 2.31. The zero-order chi connectivity index (χ0) is 21.3. The standard InChI is InChI=1S/C20H21F4N3O2/c1-11-10-27(19(28)25-18-12(2)13(3)29-26-18)5-4-15(11)6-14-7-16(20(22,23)24)9-17(21)8-14/h6-9,11H,4-5,10H2,1-3H3,(H,25,26,28)/b15-6+. The van der Waals surface area contributed by atoms with Gasteiger partial charge in [-0.25, -0.2) is 9.18 Å². The summed E-state index contributed by atoms with van der Waals surface area (Å²) in [6.07, 6.45) is -2.56. The monoisotopic (exact) mass is 411 g/mol. The van der Waals surface area contributed by atoms with Gasteiger partial charge in [-0.3, -0.25) is 5.32 Å². The lowest BCUT2D eigenvalue weighted by Gasteiger charge is -2.33. The molecular weight excluding hydrogens is 390 g/mol. The first-order chi connectivity index (χ1) is 13.5. The molecule has 2 heterocycles. The number of alkyl halides is 3. The van der Waals surface area contributed by atoms with Crippen LogP contribution in [0, 0.1) is 25.6 Å². The lowest BCUT2D eigenvalue weighted by Crippen LogP contribution is -2.42. The summed E-state index contributed by atoms with van der Waals surface area (Å²) in [7, 11) is 0. The molecule has 3 rings (SSSR count). The molecular formula is C20H21F4N3O2. The van der Waals surface area contributed by atoms with E-state index < -0.39 is 17.6 Å². The molecule has 0 saturated carbocycles. The number of carbonyl (C=O) groups is 1. The van der Waals surface area contributed by atoms with E-state index in [2.05, 4.69) is 10.5 Å². The van der Waals surface area contributed by atoms with E-state index in [1.807, 2.05) is 6.92 Å². The van der Waals surface area contributed by atoms with Crippen molar-refractivity contribution in [2.75, 3.05) is 18.4 Å². The molecule has 1 aliphatic rings. The van der Waals surface area contributed by atoms with Gasteiger partial charge in [-0.1, -0.05) is 23.7 Å². The molecule has 1 aromatic carbocycles. The van der Waals surface area contributed by atoms with Gasteiger partial charge in [0.15, 0.2) is 5.82 Å². The van der Waals surface area contributed by atoms with Crippen molar-refractivity contribution >= 4 is 17.9 Å². The number of hydrogen-bond donors (Lipinski definition) is 1. The molecule has 2 aromatic rings. The molecule has 5 nitrogen and oxygen atoms in total. The fraction of sp³-hybridized carbons (Fsp3) is 0.400. The van der Waals surface area contributed by atoms with Gasteiger partial charge in [-0.2, -0.15) is 13.2 Å². The Kier molecular flexibility index (Phi) is 5.68. The van der Waals surface area contributed by atoms with E-state index in [4.69, 9.17) is 4.52 Å². The lowest BCUT2D eigenvalue weighted by atomic mass is 9.91. The van der Waals surface area contributed by atoms with E-state index >= 15 is 0 Å². The maximum Gasteiger partial charge on any atom is 0.416 e. The number of amides is 2. The van der Waals surface area contributed by atoms with Crippen LogP contribution in [0.15, 0.2) is 28.3 Å². The SMILES string of the molecule is Cc1onc(NC(=O)N2CC/C(=C\c3cc(F)cc(C(F)(F)F)c3)C(C)C2)c1C. The third-order valence-electron chi connectivity index (χ3n) is 5.07. The third kappa shape index (κ3) is 4.78. The molecule has 1 saturated heterocycles. The van der Waals surface area contributed by atoms with Gasteiger partial charge in [0.25, 0.3) is 0 Å². The maximum atomic E-state index is 13.6. The van der Waals surface area contributed by atoms with E-state index in [1.165, 1.54) is 0 Å². The Labute approximate surface area is 165 Å². The highest BCUT2D eigenvalue weighted by molar-refractivity contribution is 5.89. The number of rotatable bonds is 2. The van der Waals surface area contributed by atoms with Crippen LogP contribution < -0.4 is 5.32 Å². The zero-order valence-corrected chi connectivity index (χ0v) is 16.2. The van der Waals surface area contributed by atoms with Crippen molar-refractivity contribution in [3.63, 3.8) is 0 Å². The largest absolute Gasteiger partial charge is 0.416 e. The molecule has 2 amide bonds. The molecule has 29 heavy (non-hydrogen) atoms. The van der Waals surface area contributed by atoms with Crippen molar-refractivity contribution in [3.05, 3.63) is 52.0 Å². The van der Waals surface area contributed by atoms with Gasteiger partial charge >= 0.3 is 12.2 Å². The summed E-state index contributed by atoms with van der Waals surface area (Å²) in [4.78, 5) is 14.1. The predicted octanol–water partition coefficient (Wildman–Crippen LogP) is 5.41. The number of anilines is 1. The van der Waals surface area contributed by atoms with Gasteiger partial charge in [-0.15, -0.1) is 0 Å². The minimum Gasteiger partial charge on any atom is -0.359 e. The molecule has 1 aromatic heterocycles. The van der Waals surface area contributed by atoms with Crippen LogP contribution >= 0.6 is 0 Å². The number of benzene rings is 1. The van der Waals surface area contributed by atoms with E-state index in [0.717, 1.165) is 23.3 Å². The van der Waals surface area contributed by atoms with Gasteiger partial charge in [0.2, 0.25) is 0 Å². The summed E-state index contributed by atoms with van der Waals surface area (Å²) < 4.78 is 57.3. The van der Waals surface area contributed by atoms with E-state index in [1.54, 1.807) is 24.8 Å². The van der Waals surface area contributed by atoms with Gasteiger partial charge in [-0.05, 0) is 49.9 Å². The first-order valence-corrected chi connectivity index (χ1v) is 9.11. The fourth-order valence-corrected chi connectivity index (χ4v) is 3.24. The number of urea groups is 1. The summed E-state index contributed by atoms with van der Waals surface area (Å²) in [5.41, 5.74) is 0.745. The second-order valence-electron chi connectivity index (χ2n) is 7.23. The number of hydrogen-bond acceptors (Lipinski definition) is 3. The van der Waals surface area contributed by atoms with Gasteiger partial charge in [0.1, 0.15) is 11.6 Å². The highest BCUT2D eigenvalue weighted by atomic mass is 19.4. The summed E-state index contributed by atoms with van der Waals surface area (Å²) in [6.45, 7) is 6.18. The molecule has 1 unspecified atom stereocenters. The number of aromatic nitrogens is 1. The normalized spacial score (nSPS) is 18.9. The Bertz CT molecular complexity index is 950. The topological polar surface area (TPSA) is 58.4 Å². The molecule has 9 heteroatoms. The van der Waals surface area contributed by atoms with Crippen LogP contribution in [0.5, 0.6) is 0 Å². The third-order valence-corrected chi connectivity index (χ3v) is 5.07. The van der Waals surface area contributed by atoms with Crippen LogP contribution in [0.4, 0.5) is 28.2 Å². The number of carbonyl (C=O) groups excluding carboxylic acids is 1. The van der Waals surface area contributed by atoms with Crippen molar-refractivity contribution in [1.29, 1.82) is 0 Å². The average Bonchev–Trinajstić information content (AvgIpc) is 2.94. The molecule has 0 aliphatic carbocycles. The number of nitrogens with one attached hydrogen (secondary N) is 1. The first-order valence-electron chi connectivity index (χ1n) is 9.11. The summed E-state index contributed by atoms with van der Waals surface area (Å²) in [5, 5.41) is 6.51.